The Labute approximate surface area is 164 Å². The number of piperazine rings is 1. The molecule has 0 radical (unpaired) electrons. The molecular weight excluding hydrogens is 380 g/mol. The van der Waals surface area contributed by atoms with E-state index in [1.807, 2.05) is 19.1 Å². The molecule has 0 aromatic heterocycles. The van der Waals surface area contributed by atoms with E-state index >= 15 is 0 Å². The fourth-order valence-corrected chi connectivity index (χ4v) is 5.54. The van der Waals surface area contributed by atoms with E-state index in [9.17, 15) is 23.4 Å². The summed E-state index contributed by atoms with van der Waals surface area (Å²) in [6, 6.07) is 7.50. The number of carbonyl (C=O) groups is 1. The van der Waals surface area contributed by atoms with Crippen LogP contribution < -0.4 is 0 Å². The molecule has 7 nitrogen and oxygen atoms in total. The lowest BCUT2D eigenvalue weighted by Gasteiger charge is -2.34. The number of phenols is 2. The molecule has 2 N–H and O–H groups in total. The number of rotatable bonds is 3. The Morgan fingerprint density at radius 2 is 1.50 bits per heavy atom. The number of nitrogens with zero attached hydrogens (tertiary/aromatic N) is 2. The van der Waals surface area contributed by atoms with Crippen LogP contribution in [-0.2, 0) is 10.0 Å². The minimum atomic E-state index is -3.65. The van der Waals surface area contributed by atoms with Crippen molar-refractivity contribution in [3.05, 3.63) is 52.6 Å². The van der Waals surface area contributed by atoms with Gasteiger partial charge in [-0.3, -0.25) is 4.79 Å². The van der Waals surface area contributed by atoms with Crippen LogP contribution in [0.1, 0.15) is 27.0 Å². The molecule has 1 fully saturated rings. The zero-order chi connectivity index (χ0) is 20.6. The van der Waals surface area contributed by atoms with E-state index < -0.39 is 15.9 Å². The van der Waals surface area contributed by atoms with Crippen molar-refractivity contribution in [2.45, 2.75) is 25.7 Å². The normalized spacial score (nSPS) is 15.6. The fraction of sp³-hybridized carbons (Fsp3) is 0.350. The molecule has 0 unspecified atom stereocenters. The predicted octanol–water partition coefficient (Wildman–Crippen LogP) is 2.17. The van der Waals surface area contributed by atoms with Crippen LogP contribution in [-0.4, -0.2) is 59.9 Å². The topological polar surface area (TPSA) is 98.2 Å². The highest BCUT2D eigenvalue weighted by atomic mass is 32.2. The van der Waals surface area contributed by atoms with Crippen LogP contribution in [0.3, 0.4) is 0 Å². The summed E-state index contributed by atoms with van der Waals surface area (Å²) in [5.41, 5.74) is 2.52. The standard InChI is InChI=1S/C20H24N2O5S/c1-13-10-14(2)19(15(3)11-13)28(26,27)22-8-6-21(7-9-22)20(25)17-5-4-16(23)12-18(17)24/h4-5,10-12,23-24H,6-9H2,1-3H3. The number of amides is 1. The van der Waals surface area contributed by atoms with Gasteiger partial charge in [-0.1, -0.05) is 17.7 Å². The maximum atomic E-state index is 13.1. The summed E-state index contributed by atoms with van der Waals surface area (Å²) in [5, 5.41) is 19.3. The highest BCUT2D eigenvalue weighted by molar-refractivity contribution is 7.89. The molecule has 3 rings (SSSR count). The third-order valence-electron chi connectivity index (χ3n) is 4.94. The third-order valence-corrected chi connectivity index (χ3v) is 7.14. The summed E-state index contributed by atoms with van der Waals surface area (Å²) in [4.78, 5) is 14.5. The molecule has 1 aliphatic heterocycles. The zero-order valence-corrected chi connectivity index (χ0v) is 17.0. The Balaban J connectivity index is 1.77. The van der Waals surface area contributed by atoms with Crippen molar-refractivity contribution in [2.24, 2.45) is 0 Å². The van der Waals surface area contributed by atoms with Crippen molar-refractivity contribution >= 4 is 15.9 Å². The van der Waals surface area contributed by atoms with Crippen molar-refractivity contribution in [3.8, 4) is 11.5 Å². The van der Waals surface area contributed by atoms with E-state index in [4.69, 9.17) is 0 Å². The Kier molecular flexibility index (Phi) is 5.36. The fourth-order valence-electron chi connectivity index (χ4n) is 3.71. The van der Waals surface area contributed by atoms with E-state index in [1.54, 1.807) is 13.8 Å². The Bertz CT molecular complexity index is 1000. The number of benzene rings is 2. The predicted molar refractivity (Wildman–Crippen MR) is 105 cm³/mol. The molecule has 0 bridgehead atoms. The molecular formula is C20H24N2O5S. The van der Waals surface area contributed by atoms with Crippen molar-refractivity contribution < 1.29 is 23.4 Å². The van der Waals surface area contributed by atoms with Crippen LogP contribution in [0.2, 0.25) is 0 Å². The molecule has 2 aromatic carbocycles. The maximum absolute atomic E-state index is 13.1. The minimum Gasteiger partial charge on any atom is -0.508 e. The summed E-state index contributed by atoms with van der Waals surface area (Å²) >= 11 is 0. The first-order chi connectivity index (χ1) is 13.1. The van der Waals surface area contributed by atoms with E-state index in [0.29, 0.717) is 16.0 Å². The van der Waals surface area contributed by atoms with Crippen LogP contribution in [0.25, 0.3) is 0 Å². The molecule has 0 aliphatic carbocycles. The second-order valence-electron chi connectivity index (χ2n) is 7.13. The second-order valence-corrected chi connectivity index (χ2v) is 9.00. The largest absolute Gasteiger partial charge is 0.508 e. The van der Waals surface area contributed by atoms with E-state index in [0.717, 1.165) is 11.6 Å². The van der Waals surface area contributed by atoms with Gasteiger partial charge in [0.05, 0.1) is 10.5 Å². The second kappa shape index (κ2) is 7.44. The van der Waals surface area contributed by atoms with Gasteiger partial charge in [-0.05, 0) is 44.0 Å². The molecule has 1 amide bonds. The van der Waals surface area contributed by atoms with Gasteiger partial charge in [0.2, 0.25) is 10.0 Å². The Hall–Kier alpha value is -2.58. The molecule has 0 atom stereocenters. The molecule has 0 saturated carbocycles. The summed E-state index contributed by atoms with van der Waals surface area (Å²) < 4.78 is 27.7. The highest BCUT2D eigenvalue weighted by Crippen LogP contribution is 2.27. The number of aromatic hydroxyl groups is 2. The number of phenolic OH excluding ortho intramolecular Hbond substituents is 2. The smallest absolute Gasteiger partial charge is 0.257 e. The van der Waals surface area contributed by atoms with E-state index in [-0.39, 0.29) is 43.2 Å². The van der Waals surface area contributed by atoms with Crippen molar-refractivity contribution in [1.29, 1.82) is 0 Å². The van der Waals surface area contributed by atoms with Gasteiger partial charge in [-0.2, -0.15) is 4.31 Å². The van der Waals surface area contributed by atoms with Crippen molar-refractivity contribution in [3.63, 3.8) is 0 Å². The van der Waals surface area contributed by atoms with E-state index in [1.165, 1.54) is 21.3 Å². The van der Waals surface area contributed by atoms with Crippen LogP contribution >= 0.6 is 0 Å². The number of sulfonamides is 1. The first-order valence-electron chi connectivity index (χ1n) is 9.00. The van der Waals surface area contributed by atoms with Gasteiger partial charge >= 0.3 is 0 Å². The number of hydrogen-bond acceptors (Lipinski definition) is 5. The van der Waals surface area contributed by atoms with Gasteiger partial charge in [-0.25, -0.2) is 8.42 Å². The van der Waals surface area contributed by atoms with Crippen LogP contribution in [0.4, 0.5) is 0 Å². The summed E-state index contributed by atoms with van der Waals surface area (Å²) in [7, 11) is -3.65. The monoisotopic (exact) mass is 404 g/mol. The quantitative estimate of drug-likeness (QED) is 0.817. The molecule has 8 heteroatoms. The minimum absolute atomic E-state index is 0.0827. The molecule has 1 aliphatic rings. The van der Waals surface area contributed by atoms with Crippen LogP contribution in [0.15, 0.2) is 35.2 Å². The van der Waals surface area contributed by atoms with Gasteiger partial charge in [0.25, 0.3) is 5.91 Å². The lowest BCUT2D eigenvalue weighted by molar-refractivity contribution is 0.0694. The third kappa shape index (κ3) is 3.70. The molecule has 1 heterocycles. The lowest BCUT2D eigenvalue weighted by atomic mass is 10.1. The summed E-state index contributed by atoms with van der Waals surface area (Å²) in [5.74, 6) is -0.822. The molecule has 1 saturated heterocycles. The number of carbonyl (C=O) groups excluding carboxylic acids is 1. The summed E-state index contributed by atoms with van der Waals surface area (Å²) in [6.07, 6.45) is 0. The van der Waals surface area contributed by atoms with Gasteiger partial charge in [0, 0.05) is 32.2 Å². The van der Waals surface area contributed by atoms with Crippen molar-refractivity contribution in [2.75, 3.05) is 26.2 Å². The van der Waals surface area contributed by atoms with E-state index in [2.05, 4.69) is 0 Å². The Morgan fingerprint density at radius 3 is 2.04 bits per heavy atom. The molecule has 28 heavy (non-hydrogen) atoms. The van der Waals surface area contributed by atoms with Gasteiger partial charge in [0.1, 0.15) is 11.5 Å². The first kappa shape index (κ1) is 20.2. The molecule has 2 aromatic rings. The SMILES string of the molecule is Cc1cc(C)c(S(=O)(=O)N2CCN(C(=O)c3ccc(O)cc3O)CC2)c(C)c1. The molecule has 0 spiro atoms. The van der Waals surface area contributed by atoms with Gasteiger partial charge < -0.3 is 15.1 Å². The van der Waals surface area contributed by atoms with Crippen LogP contribution in [0.5, 0.6) is 11.5 Å². The van der Waals surface area contributed by atoms with Gasteiger partial charge in [-0.15, -0.1) is 0 Å². The first-order valence-corrected chi connectivity index (χ1v) is 10.4. The summed E-state index contributed by atoms with van der Waals surface area (Å²) in [6.45, 7) is 6.32. The van der Waals surface area contributed by atoms with Crippen molar-refractivity contribution in [1.82, 2.24) is 9.21 Å². The van der Waals surface area contributed by atoms with Crippen LogP contribution in [0, 0.1) is 20.8 Å². The lowest BCUT2D eigenvalue weighted by Crippen LogP contribution is -2.50. The highest BCUT2D eigenvalue weighted by Gasteiger charge is 2.32. The number of aryl methyl sites for hydroxylation is 3. The van der Waals surface area contributed by atoms with Gasteiger partial charge in [0.15, 0.2) is 0 Å². The zero-order valence-electron chi connectivity index (χ0n) is 16.1. The average molecular weight is 404 g/mol. The number of hydrogen-bond donors (Lipinski definition) is 2. The molecule has 150 valence electrons. The maximum Gasteiger partial charge on any atom is 0.257 e. The average Bonchev–Trinajstić information content (AvgIpc) is 2.60. The Morgan fingerprint density at radius 1 is 0.929 bits per heavy atom.